The third-order valence-electron chi connectivity index (χ3n) is 6.50. The summed E-state index contributed by atoms with van der Waals surface area (Å²) < 4.78 is 28.8. The molecule has 3 aromatic rings. The van der Waals surface area contributed by atoms with E-state index in [0.29, 0.717) is 26.9 Å². The second-order valence-electron chi connectivity index (χ2n) is 9.36. The molecule has 39 heavy (non-hydrogen) atoms. The smallest absolute Gasteiger partial charge is 0.264 e. The Bertz CT molecular complexity index is 1420. The molecule has 3 aromatic carbocycles. The number of rotatable bonds is 11. The second kappa shape index (κ2) is 13.3. The van der Waals surface area contributed by atoms with Gasteiger partial charge in [-0.25, -0.2) is 8.42 Å². The molecule has 0 spiro atoms. The van der Waals surface area contributed by atoms with Crippen LogP contribution in [0.25, 0.3) is 0 Å². The van der Waals surface area contributed by atoms with Crippen molar-refractivity contribution in [2.24, 2.45) is 0 Å². The number of carbonyl (C=O) groups is 2. The van der Waals surface area contributed by atoms with E-state index in [4.69, 9.17) is 23.2 Å². The lowest BCUT2D eigenvalue weighted by molar-refractivity contribution is -0.139. The molecule has 0 aromatic heterocycles. The molecule has 208 valence electrons. The molecule has 0 fully saturated rings. The van der Waals surface area contributed by atoms with Gasteiger partial charge in [-0.3, -0.25) is 13.9 Å². The van der Waals surface area contributed by atoms with Crippen molar-refractivity contribution in [2.75, 3.05) is 10.8 Å². The first-order valence-electron chi connectivity index (χ1n) is 12.6. The number of aryl methyl sites for hydroxylation is 1. The molecule has 0 aliphatic rings. The number of amides is 2. The maximum Gasteiger partial charge on any atom is 0.264 e. The average molecular weight is 591 g/mol. The first-order valence-corrected chi connectivity index (χ1v) is 14.8. The molecule has 2 amide bonds. The number of nitrogens with zero attached hydrogens (tertiary/aromatic N) is 2. The molecule has 0 heterocycles. The molecule has 0 saturated carbocycles. The molecule has 0 aliphatic carbocycles. The minimum absolute atomic E-state index is 0.0203. The van der Waals surface area contributed by atoms with Gasteiger partial charge in [0, 0.05) is 22.6 Å². The van der Waals surface area contributed by atoms with Crippen LogP contribution in [0.15, 0.2) is 77.7 Å². The molecule has 10 heteroatoms. The highest BCUT2D eigenvalue weighted by atomic mass is 35.5. The van der Waals surface area contributed by atoms with E-state index in [9.17, 15) is 18.0 Å². The Morgan fingerprint density at radius 3 is 2.21 bits per heavy atom. The van der Waals surface area contributed by atoms with E-state index in [1.165, 1.54) is 17.0 Å². The zero-order valence-corrected chi connectivity index (χ0v) is 24.7. The quantitative estimate of drug-likeness (QED) is 0.305. The highest BCUT2D eigenvalue weighted by Crippen LogP contribution is 2.29. The zero-order chi connectivity index (χ0) is 28.7. The van der Waals surface area contributed by atoms with E-state index in [1.807, 2.05) is 13.8 Å². The van der Waals surface area contributed by atoms with Crippen LogP contribution in [0.4, 0.5) is 5.69 Å². The van der Waals surface area contributed by atoms with Crippen LogP contribution in [0.3, 0.4) is 0 Å². The Balaban J connectivity index is 2.06. The van der Waals surface area contributed by atoms with E-state index < -0.39 is 28.5 Å². The van der Waals surface area contributed by atoms with E-state index in [2.05, 4.69) is 5.32 Å². The van der Waals surface area contributed by atoms with Gasteiger partial charge in [0.25, 0.3) is 10.0 Å². The molecule has 0 radical (unpaired) electrons. The molecule has 2 unspecified atom stereocenters. The largest absolute Gasteiger partial charge is 0.352 e. The van der Waals surface area contributed by atoms with Crippen LogP contribution < -0.4 is 9.62 Å². The summed E-state index contributed by atoms with van der Waals surface area (Å²) >= 11 is 12.5. The monoisotopic (exact) mass is 589 g/mol. The van der Waals surface area contributed by atoms with Gasteiger partial charge in [-0.1, -0.05) is 66.5 Å². The first-order chi connectivity index (χ1) is 18.4. The molecule has 3 rings (SSSR count). The Labute approximate surface area is 240 Å². The number of sulfonamides is 1. The Kier molecular flexibility index (Phi) is 10.4. The third-order valence-corrected chi connectivity index (χ3v) is 8.88. The van der Waals surface area contributed by atoms with Crippen LogP contribution in [0.1, 0.15) is 38.3 Å². The average Bonchev–Trinajstić information content (AvgIpc) is 2.91. The van der Waals surface area contributed by atoms with Gasteiger partial charge in [-0.05, 0) is 74.7 Å². The predicted molar refractivity (Wildman–Crippen MR) is 157 cm³/mol. The van der Waals surface area contributed by atoms with Crippen LogP contribution in [0, 0.1) is 6.92 Å². The van der Waals surface area contributed by atoms with Crippen LogP contribution >= 0.6 is 23.2 Å². The van der Waals surface area contributed by atoms with Gasteiger partial charge in [0.05, 0.1) is 10.6 Å². The summed E-state index contributed by atoms with van der Waals surface area (Å²) in [6, 6.07) is 18.7. The second-order valence-corrected chi connectivity index (χ2v) is 12.1. The number of hydrogen-bond acceptors (Lipinski definition) is 4. The van der Waals surface area contributed by atoms with Gasteiger partial charge in [-0.15, -0.1) is 0 Å². The fourth-order valence-corrected chi connectivity index (χ4v) is 5.91. The first kappa shape index (κ1) is 30.5. The summed E-state index contributed by atoms with van der Waals surface area (Å²) in [5.41, 5.74) is 1.52. The summed E-state index contributed by atoms with van der Waals surface area (Å²) in [4.78, 5) is 28.5. The van der Waals surface area contributed by atoms with Gasteiger partial charge in [0.1, 0.15) is 12.6 Å². The number of hydrogen-bond donors (Lipinski definition) is 1. The number of carbonyl (C=O) groups excluding carboxylic acids is 2. The van der Waals surface area contributed by atoms with E-state index >= 15 is 0 Å². The van der Waals surface area contributed by atoms with Crippen molar-refractivity contribution in [1.82, 2.24) is 10.2 Å². The minimum atomic E-state index is -4.15. The topological polar surface area (TPSA) is 86.8 Å². The highest BCUT2D eigenvalue weighted by molar-refractivity contribution is 7.92. The molecule has 1 N–H and O–H groups in total. The minimum Gasteiger partial charge on any atom is -0.352 e. The maximum absolute atomic E-state index is 14.0. The van der Waals surface area contributed by atoms with Crippen LogP contribution in [-0.4, -0.2) is 43.8 Å². The van der Waals surface area contributed by atoms with Crippen molar-refractivity contribution in [3.63, 3.8) is 0 Å². The summed E-state index contributed by atoms with van der Waals surface area (Å²) in [7, 11) is -4.15. The summed E-state index contributed by atoms with van der Waals surface area (Å²) in [5, 5.41) is 3.79. The van der Waals surface area contributed by atoms with Crippen LogP contribution in [0.5, 0.6) is 0 Å². The molecule has 0 bridgehead atoms. The predicted octanol–water partition coefficient (Wildman–Crippen LogP) is 5.83. The summed E-state index contributed by atoms with van der Waals surface area (Å²) in [5.74, 6) is -0.902. The molecule has 7 nitrogen and oxygen atoms in total. The SMILES string of the molecule is CCC(C)NC(=O)C(C)N(Cc1ccccc1Cl)C(=O)CN(c1ccc(Cl)cc1C)S(=O)(=O)c1ccccc1. The van der Waals surface area contributed by atoms with E-state index in [-0.39, 0.29) is 23.4 Å². The van der Waals surface area contributed by atoms with Crippen LogP contribution in [-0.2, 0) is 26.2 Å². The normalized spacial score (nSPS) is 12.9. The van der Waals surface area contributed by atoms with Crippen molar-refractivity contribution in [1.29, 1.82) is 0 Å². The van der Waals surface area contributed by atoms with Crippen molar-refractivity contribution in [2.45, 2.75) is 57.6 Å². The fourth-order valence-electron chi connectivity index (χ4n) is 3.99. The number of benzene rings is 3. The molecular formula is C29H33Cl2N3O4S. The lowest BCUT2D eigenvalue weighted by atomic mass is 10.1. The van der Waals surface area contributed by atoms with Gasteiger partial charge >= 0.3 is 0 Å². The standard InChI is InChI=1S/C29H33Cl2N3O4S/c1-5-21(3)32-29(36)22(4)33(18-23-11-9-10-14-26(23)31)28(35)19-34(27-16-15-24(30)17-20(27)2)39(37,38)25-12-7-6-8-13-25/h6-17,21-22H,5,18-19H2,1-4H3,(H,32,36). The fraction of sp³-hybridized carbons (Fsp3) is 0.310. The van der Waals surface area contributed by atoms with Gasteiger partial charge in [0.15, 0.2) is 0 Å². The van der Waals surface area contributed by atoms with Crippen molar-refractivity contribution >= 4 is 50.7 Å². The zero-order valence-electron chi connectivity index (χ0n) is 22.4. The lowest BCUT2D eigenvalue weighted by Gasteiger charge is -2.33. The van der Waals surface area contributed by atoms with E-state index in [1.54, 1.807) is 74.5 Å². The molecule has 0 aliphatic heterocycles. The third kappa shape index (κ3) is 7.53. The summed E-state index contributed by atoms with van der Waals surface area (Å²) in [6.45, 7) is 6.65. The maximum atomic E-state index is 14.0. The van der Waals surface area contributed by atoms with Gasteiger partial charge < -0.3 is 10.2 Å². The number of halogens is 2. The van der Waals surface area contributed by atoms with Crippen molar-refractivity contribution in [3.8, 4) is 0 Å². The Morgan fingerprint density at radius 2 is 1.59 bits per heavy atom. The molecule has 0 saturated heterocycles. The van der Waals surface area contributed by atoms with Crippen LogP contribution in [0.2, 0.25) is 10.0 Å². The summed E-state index contributed by atoms with van der Waals surface area (Å²) in [6.07, 6.45) is 0.718. The molecule has 2 atom stereocenters. The van der Waals surface area contributed by atoms with Crippen molar-refractivity contribution in [3.05, 3.63) is 94.0 Å². The lowest BCUT2D eigenvalue weighted by Crippen LogP contribution is -2.52. The van der Waals surface area contributed by atoms with Gasteiger partial charge in [0.2, 0.25) is 11.8 Å². The number of nitrogens with one attached hydrogen (secondary N) is 1. The van der Waals surface area contributed by atoms with E-state index in [0.717, 1.165) is 10.7 Å². The highest BCUT2D eigenvalue weighted by Gasteiger charge is 2.33. The molecular weight excluding hydrogens is 557 g/mol. The Hall–Kier alpha value is -3.07. The van der Waals surface area contributed by atoms with Gasteiger partial charge in [-0.2, -0.15) is 0 Å². The van der Waals surface area contributed by atoms with Crippen molar-refractivity contribution < 1.29 is 18.0 Å². The number of anilines is 1. The Morgan fingerprint density at radius 1 is 0.949 bits per heavy atom.